The normalized spacial score (nSPS) is 13.0. The van der Waals surface area contributed by atoms with Crippen molar-refractivity contribution >= 4 is 27.4 Å². The van der Waals surface area contributed by atoms with Crippen molar-refractivity contribution in [2.75, 3.05) is 6.26 Å². The zero-order chi connectivity index (χ0) is 21.2. The number of aryl methyl sites for hydroxylation is 2. The van der Waals surface area contributed by atoms with Gasteiger partial charge in [-0.25, -0.2) is 31.1 Å². The minimum atomic E-state index is -3.87. The van der Waals surface area contributed by atoms with E-state index in [4.69, 9.17) is 16.3 Å². The van der Waals surface area contributed by atoms with Crippen molar-refractivity contribution in [2.45, 2.75) is 31.2 Å². The first kappa shape index (κ1) is 22.2. The molecule has 154 valence electrons. The van der Waals surface area contributed by atoms with Crippen LogP contribution in [0.2, 0.25) is 5.02 Å². The molecule has 0 aliphatic rings. The SMILES string of the molecule is Cc1cc(OC(=O)c2ccc(S(C)(=O)=O)c(COC(F)C(F)F)c2Cl)n(C)n1. The lowest BCUT2D eigenvalue weighted by molar-refractivity contribution is -0.135. The smallest absolute Gasteiger partial charge is 0.346 e. The molecule has 0 aliphatic heterocycles. The van der Waals surface area contributed by atoms with Crippen molar-refractivity contribution in [1.82, 2.24) is 9.78 Å². The van der Waals surface area contributed by atoms with Crippen LogP contribution >= 0.6 is 11.6 Å². The van der Waals surface area contributed by atoms with Gasteiger partial charge >= 0.3 is 5.97 Å². The molecule has 0 fully saturated rings. The van der Waals surface area contributed by atoms with Crippen molar-refractivity contribution < 1.29 is 35.9 Å². The summed E-state index contributed by atoms with van der Waals surface area (Å²) in [5.74, 6) is -0.843. The Hall–Kier alpha value is -2.11. The number of aromatic nitrogens is 2. The fraction of sp³-hybridized carbons (Fsp3) is 0.375. The highest BCUT2D eigenvalue weighted by Gasteiger charge is 2.26. The molecule has 2 aromatic rings. The Balaban J connectivity index is 2.42. The lowest BCUT2D eigenvalue weighted by Crippen LogP contribution is -2.18. The van der Waals surface area contributed by atoms with E-state index in [1.807, 2.05) is 0 Å². The van der Waals surface area contributed by atoms with Gasteiger partial charge in [-0.05, 0) is 19.1 Å². The van der Waals surface area contributed by atoms with Crippen LogP contribution < -0.4 is 4.74 Å². The molecule has 7 nitrogen and oxygen atoms in total. The van der Waals surface area contributed by atoms with Crippen LogP contribution in [-0.4, -0.2) is 43.2 Å². The van der Waals surface area contributed by atoms with E-state index in [1.54, 1.807) is 6.92 Å². The van der Waals surface area contributed by atoms with Gasteiger partial charge in [0.05, 0.1) is 27.8 Å². The Bertz CT molecular complexity index is 994. The van der Waals surface area contributed by atoms with Gasteiger partial charge in [0.2, 0.25) is 5.88 Å². The van der Waals surface area contributed by atoms with Gasteiger partial charge in [0.25, 0.3) is 12.8 Å². The zero-order valence-electron chi connectivity index (χ0n) is 14.9. The maximum Gasteiger partial charge on any atom is 0.346 e. The third kappa shape index (κ3) is 5.03. The molecule has 1 aromatic heterocycles. The predicted octanol–water partition coefficient (Wildman–Crippen LogP) is 3.08. The number of hydrogen-bond acceptors (Lipinski definition) is 6. The number of halogens is 4. The van der Waals surface area contributed by atoms with E-state index in [9.17, 15) is 26.4 Å². The Morgan fingerprint density at radius 3 is 2.46 bits per heavy atom. The lowest BCUT2D eigenvalue weighted by Gasteiger charge is -2.15. The van der Waals surface area contributed by atoms with Crippen LogP contribution in [0.3, 0.4) is 0 Å². The molecule has 0 saturated carbocycles. The van der Waals surface area contributed by atoms with E-state index in [2.05, 4.69) is 9.84 Å². The zero-order valence-corrected chi connectivity index (χ0v) is 16.5. The fourth-order valence-corrected chi connectivity index (χ4v) is 3.59. The molecular weight excluding hydrogens is 425 g/mol. The molecule has 0 radical (unpaired) electrons. The summed E-state index contributed by atoms with van der Waals surface area (Å²) in [7, 11) is -2.33. The minimum Gasteiger partial charge on any atom is -0.404 e. The van der Waals surface area contributed by atoms with Gasteiger partial charge in [-0.3, -0.25) is 0 Å². The first-order chi connectivity index (χ1) is 12.9. The Morgan fingerprint density at radius 2 is 1.96 bits per heavy atom. The average Bonchev–Trinajstić information content (AvgIpc) is 2.89. The molecule has 28 heavy (non-hydrogen) atoms. The van der Waals surface area contributed by atoms with Gasteiger partial charge in [-0.2, -0.15) is 5.10 Å². The standard InChI is InChI=1S/C16H16ClF3N2O5S/c1-8-6-12(22(2)21-8)27-16(23)9-4-5-11(28(3,24)25)10(13(9)17)7-26-15(20)14(18)19/h4-6,14-15H,7H2,1-3H3. The van der Waals surface area contributed by atoms with Crippen LogP contribution in [0.15, 0.2) is 23.1 Å². The van der Waals surface area contributed by atoms with Gasteiger partial charge in [0, 0.05) is 24.9 Å². The van der Waals surface area contributed by atoms with E-state index in [1.165, 1.54) is 17.8 Å². The molecule has 0 N–H and O–H groups in total. The minimum absolute atomic E-state index is 0.102. The second-order valence-corrected chi connectivity index (χ2v) is 8.17. The molecular formula is C16H16ClF3N2O5S. The van der Waals surface area contributed by atoms with Crippen LogP contribution in [0.4, 0.5) is 13.2 Å². The molecule has 0 aliphatic carbocycles. The van der Waals surface area contributed by atoms with E-state index in [0.29, 0.717) is 5.69 Å². The Labute approximate surface area is 163 Å². The topological polar surface area (TPSA) is 87.5 Å². The van der Waals surface area contributed by atoms with Crippen LogP contribution in [0, 0.1) is 6.92 Å². The number of ether oxygens (including phenoxy) is 2. The predicted molar refractivity (Wildman–Crippen MR) is 93.2 cm³/mol. The molecule has 12 heteroatoms. The molecule has 0 spiro atoms. The summed E-state index contributed by atoms with van der Waals surface area (Å²) in [4.78, 5) is 12.0. The van der Waals surface area contributed by atoms with Crippen molar-refractivity contribution in [3.05, 3.63) is 40.0 Å². The van der Waals surface area contributed by atoms with Gasteiger partial charge in [0.15, 0.2) is 9.84 Å². The van der Waals surface area contributed by atoms with Crippen molar-refractivity contribution in [3.63, 3.8) is 0 Å². The molecule has 1 unspecified atom stereocenters. The quantitative estimate of drug-likeness (QED) is 0.615. The summed E-state index contributed by atoms with van der Waals surface area (Å²) in [6, 6.07) is 3.63. The Morgan fingerprint density at radius 1 is 1.32 bits per heavy atom. The first-order valence-electron chi connectivity index (χ1n) is 7.70. The number of nitrogens with zero attached hydrogens (tertiary/aromatic N) is 2. The molecule has 2 rings (SSSR count). The van der Waals surface area contributed by atoms with Gasteiger partial charge in [-0.1, -0.05) is 11.6 Å². The van der Waals surface area contributed by atoms with Crippen LogP contribution in [0.5, 0.6) is 5.88 Å². The number of alkyl halides is 3. The highest BCUT2D eigenvalue weighted by molar-refractivity contribution is 7.90. The van der Waals surface area contributed by atoms with E-state index >= 15 is 0 Å². The van der Waals surface area contributed by atoms with E-state index in [0.717, 1.165) is 18.4 Å². The number of rotatable bonds is 7. The number of esters is 1. The van der Waals surface area contributed by atoms with Crippen LogP contribution in [-0.2, 0) is 28.2 Å². The molecule has 1 heterocycles. The summed E-state index contributed by atoms with van der Waals surface area (Å²) in [6.07, 6.45) is -5.53. The number of hydrogen-bond donors (Lipinski definition) is 0. The molecule has 0 saturated heterocycles. The third-order valence-electron chi connectivity index (χ3n) is 3.56. The van der Waals surface area contributed by atoms with Crippen LogP contribution in [0.25, 0.3) is 0 Å². The van der Waals surface area contributed by atoms with Gasteiger partial charge in [0.1, 0.15) is 0 Å². The second-order valence-electron chi connectivity index (χ2n) is 5.81. The van der Waals surface area contributed by atoms with Gasteiger partial charge in [-0.15, -0.1) is 0 Å². The largest absolute Gasteiger partial charge is 0.404 e. The van der Waals surface area contributed by atoms with Crippen molar-refractivity contribution in [1.29, 1.82) is 0 Å². The number of carbonyl (C=O) groups excluding carboxylic acids is 1. The van der Waals surface area contributed by atoms with E-state index in [-0.39, 0.29) is 21.9 Å². The molecule has 1 aromatic carbocycles. The highest BCUT2D eigenvalue weighted by Crippen LogP contribution is 2.30. The van der Waals surface area contributed by atoms with Crippen molar-refractivity contribution in [2.24, 2.45) is 7.05 Å². The first-order valence-corrected chi connectivity index (χ1v) is 9.96. The number of benzene rings is 1. The maximum atomic E-state index is 13.1. The average molecular weight is 441 g/mol. The summed E-state index contributed by atoms with van der Waals surface area (Å²) in [5.41, 5.74) is 0.000903. The maximum absolute atomic E-state index is 13.1. The van der Waals surface area contributed by atoms with Crippen molar-refractivity contribution in [3.8, 4) is 5.88 Å². The summed E-state index contributed by atoms with van der Waals surface area (Å²) in [6.45, 7) is 0.787. The Kier molecular flexibility index (Phi) is 6.73. The second kappa shape index (κ2) is 8.50. The monoisotopic (exact) mass is 440 g/mol. The summed E-state index contributed by atoms with van der Waals surface area (Å²) >= 11 is 6.11. The fourth-order valence-electron chi connectivity index (χ4n) is 2.31. The summed E-state index contributed by atoms with van der Waals surface area (Å²) in [5, 5.41) is 3.59. The van der Waals surface area contributed by atoms with Gasteiger partial charge < -0.3 is 9.47 Å². The molecule has 0 amide bonds. The number of carbonyl (C=O) groups is 1. The molecule has 0 bridgehead atoms. The van der Waals surface area contributed by atoms with E-state index < -0.39 is 40.2 Å². The summed E-state index contributed by atoms with van der Waals surface area (Å²) < 4.78 is 72.4. The lowest BCUT2D eigenvalue weighted by atomic mass is 10.1. The third-order valence-corrected chi connectivity index (χ3v) is 5.17. The molecule has 1 atom stereocenters. The highest BCUT2D eigenvalue weighted by atomic mass is 35.5. The van der Waals surface area contributed by atoms with Crippen LogP contribution in [0.1, 0.15) is 21.6 Å². The number of sulfone groups is 1.